The van der Waals surface area contributed by atoms with Crippen LogP contribution >= 0.6 is 0 Å². The van der Waals surface area contributed by atoms with E-state index in [9.17, 15) is 9.59 Å². The third-order valence-corrected chi connectivity index (χ3v) is 2.17. The molecule has 7 heteroatoms. The van der Waals surface area contributed by atoms with Crippen molar-refractivity contribution in [1.82, 2.24) is 25.8 Å². The summed E-state index contributed by atoms with van der Waals surface area (Å²) in [6.07, 6.45) is 0.240. The maximum absolute atomic E-state index is 11.6. The Kier molecular flexibility index (Phi) is 4.62. The molecule has 0 saturated heterocycles. The average molecular weight is 239 g/mol. The first-order valence-corrected chi connectivity index (χ1v) is 5.45. The first kappa shape index (κ1) is 13.1. The maximum Gasteiger partial charge on any atom is 0.290 e. The number of amides is 2. The molecule has 1 aromatic rings. The minimum atomic E-state index is -0.378. The number of H-pyrrole nitrogens is 1. The Morgan fingerprint density at radius 1 is 1.41 bits per heavy atom. The summed E-state index contributed by atoms with van der Waals surface area (Å²) in [7, 11) is 1.55. The lowest BCUT2D eigenvalue weighted by Gasteiger charge is -2.01. The topological polar surface area (TPSA) is 99.8 Å². The number of aromatic amines is 1. The maximum atomic E-state index is 11.6. The van der Waals surface area contributed by atoms with Gasteiger partial charge in [0.15, 0.2) is 0 Å². The number of carbonyl (C=O) groups is 2. The Balaban J connectivity index is 2.44. The molecule has 1 rings (SSSR count). The number of hydrogen-bond acceptors (Lipinski definition) is 4. The van der Waals surface area contributed by atoms with E-state index in [0.717, 1.165) is 0 Å². The highest BCUT2D eigenvalue weighted by Gasteiger charge is 2.13. The third-order valence-electron chi connectivity index (χ3n) is 2.17. The molecule has 17 heavy (non-hydrogen) atoms. The number of nitrogens with one attached hydrogen (secondary N) is 3. The summed E-state index contributed by atoms with van der Waals surface area (Å²) in [5, 5.41) is 11.5. The Bertz CT molecular complexity index is 399. The molecule has 94 valence electrons. The summed E-state index contributed by atoms with van der Waals surface area (Å²) in [6, 6.07) is 0. The standard InChI is InChI=1S/C10H17N5O2/c1-6(2)8-13-9(15-14-8)10(17)12-5-4-7(16)11-3/h6H,4-5H2,1-3H3,(H,11,16)(H,12,17)(H,13,14,15). The van der Waals surface area contributed by atoms with Crippen molar-refractivity contribution in [2.75, 3.05) is 13.6 Å². The van der Waals surface area contributed by atoms with Gasteiger partial charge in [-0.1, -0.05) is 13.8 Å². The van der Waals surface area contributed by atoms with Crippen LogP contribution < -0.4 is 10.6 Å². The molecule has 0 saturated carbocycles. The third kappa shape index (κ3) is 3.86. The summed E-state index contributed by atoms with van der Waals surface area (Å²) in [4.78, 5) is 26.5. The molecule has 0 fully saturated rings. The predicted molar refractivity (Wildman–Crippen MR) is 61.5 cm³/mol. The van der Waals surface area contributed by atoms with E-state index in [-0.39, 0.29) is 36.5 Å². The van der Waals surface area contributed by atoms with E-state index in [1.165, 1.54) is 0 Å². The fraction of sp³-hybridized carbons (Fsp3) is 0.600. The lowest BCUT2D eigenvalue weighted by molar-refractivity contribution is -0.120. The second-order valence-electron chi connectivity index (χ2n) is 3.88. The summed E-state index contributed by atoms with van der Waals surface area (Å²) in [6.45, 7) is 4.17. The quantitative estimate of drug-likeness (QED) is 0.662. The van der Waals surface area contributed by atoms with Crippen molar-refractivity contribution < 1.29 is 9.59 Å². The summed E-state index contributed by atoms with van der Waals surface area (Å²) in [5.74, 6) is 0.460. The molecule has 3 N–H and O–H groups in total. The zero-order chi connectivity index (χ0) is 12.8. The van der Waals surface area contributed by atoms with Gasteiger partial charge in [0.05, 0.1) is 0 Å². The fourth-order valence-electron chi connectivity index (χ4n) is 1.13. The highest BCUT2D eigenvalue weighted by molar-refractivity contribution is 5.90. The van der Waals surface area contributed by atoms with Crippen molar-refractivity contribution in [1.29, 1.82) is 0 Å². The van der Waals surface area contributed by atoms with Gasteiger partial charge in [-0.2, -0.15) is 0 Å². The van der Waals surface area contributed by atoms with Gasteiger partial charge in [0.1, 0.15) is 5.82 Å². The molecule has 2 amide bonds. The molecule has 0 aliphatic rings. The van der Waals surface area contributed by atoms with Crippen LogP contribution in [-0.2, 0) is 4.79 Å². The molecule has 0 aromatic carbocycles. The van der Waals surface area contributed by atoms with E-state index in [0.29, 0.717) is 5.82 Å². The summed E-state index contributed by atoms with van der Waals surface area (Å²) < 4.78 is 0. The van der Waals surface area contributed by atoms with Gasteiger partial charge in [0.2, 0.25) is 11.7 Å². The van der Waals surface area contributed by atoms with E-state index >= 15 is 0 Å². The Morgan fingerprint density at radius 3 is 2.65 bits per heavy atom. The van der Waals surface area contributed by atoms with E-state index < -0.39 is 0 Å². The van der Waals surface area contributed by atoms with Gasteiger partial charge < -0.3 is 10.6 Å². The van der Waals surface area contributed by atoms with Gasteiger partial charge in [-0.15, -0.1) is 5.10 Å². The van der Waals surface area contributed by atoms with Crippen molar-refractivity contribution >= 4 is 11.8 Å². The minimum absolute atomic E-state index is 0.102. The summed E-state index contributed by atoms with van der Waals surface area (Å²) >= 11 is 0. The Labute approximate surface area is 99.4 Å². The van der Waals surface area contributed by atoms with Crippen LogP contribution in [-0.4, -0.2) is 40.6 Å². The van der Waals surface area contributed by atoms with Crippen molar-refractivity contribution in [3.05, 3.63) is 11.6 Å². The molecular formula is C10H17N5O2. The first-order valence-electron chi connectivity index (χ1n) is 5.45. The van der Waals surface area contributed by atoms with E-state index in [2.05, 4.69) is 25.8 Å². The highest BCUT2D eigenvalue weighted by Crippen LogP contribution is 2.07. The van der Waals surface area contributed by atoms with E-state index in [1.54, 1.807) is 7.05 Å². The number of hydrogen-bond donors (Lipinski definition) is 3. The van der Waals surface area contributed by atoms with Crippen LogP contribution in [0.1, 0.15) is 42.6 Å². The molecule has 0 aliphatic heterocycles. The first-order chi connectivity index (χ1) is 8.04. The SMILES string of the molecule is CNC(=O)CCNC(=O)c1n[nH]c(C(C)C)n1. The van der Waals surface area contributed by atoms with Crippen molar-refractivity contribution in [2.24, 2.45) is 0 Å². The minimum Gasteiger partial charge on any atom is -0.359 e. The normalized spacial score (nSPS) is 10.4. The lowest BCUT2D eigenvalue weighted by atomic mass is 10.2. The van der Waals surface area contributed by atoms with Gasteiger partial charge in [0.25, 0.3) is 5.91 Å². The average Bonchev–Trinajstić information content (AvgIpc) is 2.78. The molecule has 1 aromatic heterocycles. The fourth-order valence-corrected chi connectivity index (χ4v) is 1.13. The predicted octanol–water partition coefficient (Wildman–Crippen LogP) is -0.206. The molecule has 0 atom stereocenters. The van der Waals surface area contributed by atoms with Crippen LogP contribution in [0.5, 0.6) is 0 Å². The van der Waals surface area contributed by atoms with Crippen LogP contribution in [0.15, 0.2) is 0 Å². The van der Waals surface area contributed by atoms with Crippen LogP contribution in [0.2, 0.25) is 0 Å². The molecule has 0 bridgehead atoms. The number of aromatic nitrogens is 3. The molecule has 1 heterocycles. The molecule has 0 unspecified atom stereocenters. The largest absolute Gasteiger partial charge is 0.359 e. The Morgan fingerprint density at radius 2 is 2.12 bits per heavy atom. The van der Waals surface area contributed by atoms with Gasteiger partial charge in [-0.05, 0) is 0 Å². The molecular weight excluding hydrogens is 222 g/mol. The van der Waals surface area contributed by atoms with E-state index in [1.807, 2.05) is 13.8 Å². The van der Waals surface area contributed by atoms with Gasteiger partial charge in [-0.3, -0.25) is 14.7 Å². The molecule has 0 spiro atoms. The second kappa shape index (κ2) is 5.97. The van der Waals surface area contributed by atoms with Gasteiger partial charge in [0, 0.05) is 25.9 Å². The van der Waals surface area contributed by atoms with Crippen LogP contribution in [0, 0.1) is 0 Å². The molecule has 0 radical (unpaired) electrons. The second-order valence-corrected chi connectivity index (χ2v) is 3.88. The van der Waals surface area contributed by atoms with Crippen LogP contribution in [0.4, 0.5) is 0 Å². The molecule has 0 aliphatic carbocycles. The smallest absolute Gasteiger partial charge is 0.290 e. The van der Waals surface area contributed by atoms with E-state index in [4.69, 9.17) is 0 Å². The molecule has 7 nitrogen and oxygen atoms in total. The number of rotatable bonds is 5. The number of carbonyl (C=O) groups excluding carboxylic acids is 2. The van der Waals surface area contributed by atoms with Gasteiger partial charge in [-0.25, -0.2) is 4.98 Å². The number of nitrogens with zero attached hydrogens (tertiary/aromatic N) is 2. The Hall–Kier alpha value is -1.92. The van der Waals surface area contributed by atoms with Crippen LogP contribution in [0.3, 0.4) is 0 Å². The van der Waals surface area contributed by atoms with Crippen molar-refractivity contribution in [3.8, 4) is 0 Å². The highest BCUT2D eigenvalue weighted by atomic mass is 16.2. The summed E-state index contributed by atoms with van der Waals surface area (Å²) in [5.41, 5.74) is 0. The van der Waals surface area contributed by atoms with Gasteiger partial charge >= 0.3 is 0 Å². The lowest BCUT2D eigenvalue weighted by Crippen LogP contribution is -2.29. The zero-order valence-corrected chi connectivity index (χ0v) is 10.2. The van der Waals surface area contributed by atoms with Crippen LogP contribution in [0.25, 0.3) is 0 Å². The van der Waals surface area contributed by atoms with Crippen molar-refractivity contribution in [2.45, 2.75) is 26.2 Å². The van der Waals surface area contributed by atoms with Crippen molar-refractivity contribution in [3.63, 3.8) is 0 Å². The zero-order valence-electron chi connectivity index (χ0n) is 10.2. The monoisotopic (exact) mass is 239 g/mol.